The van der Waals surface area contributed by atoms with Gasteiger partial charge in [0.25, 0.3) is 0 Å². The Morgan fingerprint density at radius 3 is 2.95 bits per heavy atom. The largest absolute Gasteiger partial charge is 0.481 e. The Bertz CT molecular complexity index is 410. The van der Waals surface area contributed by atoms with Crippen molar-refractivity contribution in [3.05, 3.63) is 23.9 Å². The van der Waals surface area contributed by atoms with Crippen molar-refractivity contribution in [1.82, 2.24) is 15.6 Å². The van der Waals surface area contributed by atoms with E-state index in [-0.39, 0.29) is 0 Å². The summed E-state index contributed by atoms with van der Waals surface area (Å²) in [7, 11) is 3.36. The first-order valence-corrected chi connectivity index (χ1v) is 6.81. The Hall–Kier alpha value is -1.82. The predicted molar refractivity (Wildman–Crippen MR) is 80.1 cm³/mol. The first kappa shape index (κ1) is 16.2. The van der Waals surface area contributed by atoms with Gasteiger partial charge in [-0.05, 0) is 25.0 Å². The van der Waals surface area contributed by atoms with Crippen molar-refractivity contribution in [2.24, 2.45) is 4.99 Å². The van der Waals surface area contributed by atoms with Crippen molar-refractivity contribution in [3.8, 4) is 5.88 Å². The summed E-state index contributed by atoms with van der Waals surface area (Å²) in [6, 6.07) is 3.84. The van der Waals surface area contributed by atoms with Gasteiger partial charge in [-0.3, -0.25) is 4.99 Å². The van der Waals surface area contributed by atoms with Crippen molar-refractivity contribution in [1.29, 1.82) is 0 Å². The second-order valence-corrected chi connectivity index (χ2v) is 4.11. The van der Waals surface area contributed by atoms with Crippen molar-refractivity contribution in [2.45, 2.75) is 19.9 Å². The molecule has 0 aliphatic heterocycles. The quantitative estimate of drug-likeness (QED) is 0.425. The van der Waals surface area contributed by atoms with Crippen molar-refractivity contribution in [3.63, 3.8) is 0 Å². The maximum atomic E-state index is 5.28. The lowest BCUT2D eigenvalue weighted by Crippen LogP contribution is -2.37. The molecule has 0 aromatic carbocycles. The van der Waals surface area contributed by atoms with Crippen LogP contribution in [0.4, 0.5) is 0 Å². The topological polar surface area (TPSA) is 67.8 Å². The number of rotatable bonds is 8. The average molecular weight is 280 g/mol. The highest BCUT2D eigenvalue weighted by molar-refractivity contribution is 5.79. The Kier molecular flexibility index (Phi) is 8.14. The minimum Gasteiger partial charge on any atom is -0.481 e. The number of pyridine rings is 1. The molecule has 2 N–H and O–H groups in total. The van der Waals surface area contributed by atoms with Crippen LogP contribution in [0.3, 0.4) is 0 Å². The van der Waals surface area contributed by atoms with Crippen LogP contribution in [-0.2, 0) is 11.3 Å². The maximum absolute atomic E-state index is 5.28. The molecule has 0 saturated carbocycles. The molecule has 0 radical (unpaired) electrons. The molecule has 0 spiro atoms. The Morgan fingerprint density at radius 1 is 1.40 bits per heavy atom. The standard InChI is InChI=1S/C14H24N4O2/c1-4-20-9-5-7-17-14(15-2)18-11-12-6-8-16-13(10-12)19-3/h6,8,10H,4-5,7,9,11H2,1-3H3,(H2,15,17,18). The van der Waals surface area contributed by atoms with Gasteiger partial charge in [0.05, 0.1) is 7.11 Å². The molecule has 0 aliphatic carbocycles. The summed E-state index contributed by atoms with van der Waals surface area (Å²) < 4.78 is 10.4. The van der Waals surface area contributed by atoms with Gasteiger partial charge >= 0.3 is 0 Å². The summed E-state index contributed by atoms with van der Waals surface area (Å²) in [5.74, 6) is 1.39. The van der Waals surface area contributed by atoms with Crippen LogP contribution in [-0.4, -0.2) is 44.9 Å². The van der Waals surface area contributed by atoms with Crippen LogP contribution in [0, 0.1) is 0 Å². The monoisotopic (exact) mass is 280 g/mol. The smallest absolute Gasteiger partial charge is 0.213 e. The minimum absolute atomic E-state index is 0.615. The SMILES string of the molecule is CCOCCCNC(=NC)NCc1ccnc(OC)c1. The average Bonchev–Trinajstić information content (AvgIpc) is 2.50. The zero-order valence-corrected chi connectivity index (χ0v) is 12.5. The third-order valence-corrected chi connectivity index (χ3v) is 2.65. The molecule has 20 heavy (non-hydrogen) atoms. The number of hydrogen-bond acceptors (Lipinski definition) is 4. The number of nitrogens with zero attached hydrogens (tertiary/aromatic N) is 2. The van der Waals surface area contributed by atoms with Gasteiger partial charge in [-0.2, -0.15) is 0 Å². The van der Waals surface area contributed by atoms with E-state index in [1.165, 1.54) is 0 Å². The molecule has 112 valence electrons. The first-order valence-electron chi connectivity index (χ1n) is 6.81. The summed E-state index contributed by atoms with van der Waals surface area (Å²) in [6.07, 6.45) is 2.69. The van der Waals surface area contributed by atoms with Gasteiger partial charge in [-0.1, -0.05) is 0 Å². The third-order valence-electron chi connectivity index (χ3n) is 2.65. The molecule has 0 amide bonds. The van der Waals surface area contributed by atoms with Crippen LogP contribution in [0.1, 0.15) is 18.9 Å². The number of methoxy groups -OCH3 is 1. The van der Waals surface area contributed by atoms with Gasteiger partial charge in [-0.15, -0.1) is 0 Å². The van der Waals surface area contributed by atoms with Gasteiger partial charge in [-0.25, -0.2) is 4.98 Å². The van der Waals surface area contributed by atoms with Crippen LogP contribution in [0.5, 0.6) is 5.88 Å². The number of guanidine groups is 1. The van der Waals surface area contributed by atoms with E-state index in [1.54, 1.807) is 20.4 Å². The summed E-state index contributed by atoms with van der Waals surface area (Å²) in [6.45, 7) is 5.03. The molecule has 0 saturated heterocycles. The van der Waals surface area contributed by atoms with E-state index in [0.29, 0.717) is 12.4 Å². The fraction of sp³-hybridized carbons (Fsp3) is 0.571. The molecule has 0 atom stereocenters. The van der Waals surface area contributed by atoms with E-state index in [2.05, 4.69) is 20.6 Å². The summed E-state index contributed by atoms with van der Waals surface area (Å²) in [5.41, 5.74) is 1.09. The fourth-order valence-corrected chi connectivity index (χ4v) is 1.60. The molecule has 1 aromatic heterocycles. The molecule has 0 bridgehead atoms. The number of nitrogens with one attached hydrogen (secondary N) is 2. The molecule has 6 heteroatoms. The van der Waals surface area contributed by atoms with Crippen LogP contribution in [0.15, 0.2) is 23.3 Å². The van der Waals surface area contributed by atoms with Gasteiger partial charge in [0, 0.05) is 45.6 Å². The normalized spacial score (nSPS) is 11.2. The summed E-state index contributed by atoms with van der Waals surface area (Å²) in [5, 5.41) is 6.48. The number of aromatic nitrogens is 1. The van der Waals surface area contributed by atoms with E-state index >= 15 is 0 Å². The zero-order valence-electron chi connectivity index (χ0n) is 12.5. The van der Waals surface area contributed by atoms with E-state index in [0.717, 1.165) is 37.7 Å². The first-order chi connectivity index (χ1) is 9.80. The Balaban J connectivity index is 2.30. The van der Waals surface area contributed by atoms with E-state index < -0.39 is 0 Å². The predicted octanol–water partition coefficient (Wildman–Crippen LogP) is 1.18. The van der Waals surface area contributed by atoms with Crippen molar-refractivity contribution < 1.29 is 9.47 Å². The van der Waals surface area contributed by atoms with Crippen molar-refractivity contribution in [2.75, 3.05) is 33.9 Å². The van der Waals surface area contributed by atoms with Gasteiger partial charge in [0.2, 0.25) is 5.88 Å². The molecule has 1 aromatic rings. The number of hydrogen-bond donors (Lipinski definition) is 2. The van der Waals surface area contributed by atoms with Crippen LogP contribution in [0.25, 0.3) is 0 Å². The number of aliphatic imine (C=N–C) groups is 1. The third kappa shape index (κ3) is 6.38. The molecule has 1 heterocycles. The molecule has 0 fully saturated rings. The molecular weight excluding hydrogens is 256 g/mol. The fourth-order valence-electron chi connectivity index (χ4n) is 1.60. The highest BCUT2D eigenvalue weighted by atomic mass is 16.5. The zero-order chi connectivity index (χ0) is 14.6. The van der Waals surface area contributed by atoms with E-state index in [4.69, 9.17) is 9.47 Å². The Morgan fingerprint density at radius 2 is 2.25 bits per heavy atom. The van der Waals surface area contributed by atoms with Crippen molar-refractivity contribution >= 4 is 5.96 Å². The lowest BCUT2D eigenvalue weighted by Gasteiger charge is -2.12. The minimum atomic E-state index is 0.615. The molecule has 1 rings (SSSR count). The van der Waals surface area contributed by atoms with E-state index in [1.807, 2.05) is 19.1 Å². The van der Waals surface area contributed by atoms with Crippen LogP contribution >= 0.6 is 0 Å². The van der Waals surface area contributed by atoms with Gasteiger partial charge in [0.1, 0.15) is 0 Å². The lowest BCUT2D eigenvalue weighted by atomic mass is 10.2. The highest BCUT2D eigenvalue weighted by Gasteiger charge is 2.00. The second-order valence-electron chi connectivity index (χ2n) is 4.11. The van der Waals surface area contributed by atoms with E-state index in [9.17, 15) is 0 Å². The van der Waals surface area contributed by atoms with Crippen LogP contribution < -0.4 is 15.4 Å². The molecular formula is C14H24N4O2. The highest BCUT2D eigenvalue weighted by Crippen LogP contribution is 2.07. The molecule has 6 nitrogen and oxygen atoms in total. The van der Waals surface area contributed by atoms with Crippen LogP contribution in [0.2, 0.25) is 0 Å². The molecule has 0 unspecified atom stereocenters. The Labute approximate surface area is 120 Å². The second kappa shape index (κ2) is 10.0. The molecule has 0 aliphatic rings. The lowest BCUT2D eigenvalue weighted by molar-refractivity contribution is 0.145. The van der Waals surface area contributed by atoms with Gasteiger partial charge < -0.3 is 20.1 Å². The van der Waals surface area contributed by atoms with Gasteiger partial charge in [0.15, 0.2) is 5.96 Å². The maximum Gasteiger partial charge on any atom is 0.213 e. The summed E-state index contributed by atoms with van der Waals surface area (Å²) >= 11 is 0. The number of ether oxygens (including phenoxy) is 2. The summed E-state index contributed by atoms with van der Waals surface area (Å²) in [4.78, 5) is 8.24.